The molecule has 8 aromatic heterocycles. The van der Waals surface area contributed by atoms with Crippen LogP contribution in [0.4, 0.5) is 26.3 Å². The van der Waals surface area contributed by atoms with Crippen molar-refractivity contribution in [2.24, 2.45) is 0 Å². The summed E-state index contributed by atoms with van der Waals surface area (Å²) in [7, 11) is -12.2. The molecule has 10 aromatic rings. The molecule has 421 valence electrons. The van der Waals surface area contributed by atoms with Crippen LogP contribution in [0.25, 0.3) is 89.2 Å². The van der Waals surface area contributed by atoms with E-state index in [1.807, 2.05) is 72.8 Å². The number of halogens is 6. The van der Waals surface area contributed by atoms with Crippen molar-refractivity contribution in [3.05, 3.63) is 97.6 Å². The molecule has 0 atom stereocenters. The summed E-state index contributed by atoms with van der Waals surface area (Å²) in [6, 6.07) is 23.5. The Morgan fingerprint density at radius 2 is 0.570 bits per heavy atom. The molecule has 2 aromatic carbocycles. The van der Waals surface area contributed by atoms with Gasteiger partial charge in [-0.25, -0.2) is 55.5 Å². The second kappa shape index (κ2) is 27.5. The number of nitrogens with zero attached hydrogens (tertiary/aromatic N) is 16. The van der Waals surface area contributed by atoms with E-state index in [2.05, 4.69) is 41.2 Å². The standard InChI is InChI=1S/2C20H18N8O2.2CHF3O3S.Eu.2H2O/c2*29-9-7-27-11-17(23-25-27)15-5-3-13-1-2-14-4-6-16(22-20(14)19(13)21-15)18-12-28(8-10-30)26-24-18;2*2-1(3,4)8(5,6)7;;;/h2*1-6,11-12,29-30H,7-10H2;2*(H,5,6,7);;2*1H2/q;;;;+2;;/p-1. The van der Waals surface area contributed by atoms with Gasteiger partial charge >= 0.3 is 60.4 Å². The van der Waals surface area contributed by atoms with Crippen LogP contribution < -0.4 is 0 Å². The average molecular weight is 1290 g/mol. The van der Waals surface area contributed by atoms with E-state index >= 15 is 0 Å². The molecule has 10 rings (SSSR count). The number of alkyl halides is 6. The number of pyridine rings is 4. The van der Waals surface area contributed by atoms with Crippen LogP contribution >= 0.6 is 0 Å². The number of rotatable bonds is 12. The minimum Gasteiger partial charge on any atom is -0.741 e. The quantitative estimate of drug-likeness (QED) is 0.0434. The zero-order valence-electron chi connectivity index (χ0n) is 39.8. The number of aliphatic hydroxyl groups excluding tert-OH is 4. The van der Waals surface area contributed by atoms with E-state index in [0.717, 1.165) is 43.6 Å². The van der Waals surface area contributed by atoms with E-state index in [0.29, 0.717) is 71.7 Å². The summed E-state index contributed by atoms with van der Waals surface area (Å²) in [5.41, 5.74) is -3.02. The third kappa shape index (κ3) is 16.3. The first-order chi connectivity index (χ1) is 36.0. The maximum atomic E-state index is 10.7. The molecule has 8 heterocycles. The van der Waals surface area contributed by atoms with Crippen molar-refractivity contribution in [2.75, 3.05) is 26.4 Å². The topological polar surface area (TPSA) is 434 Å². The molecule has 0 aliphatic rings. The Kier molecular flexibility index (Phi) is 22.6. The first-order valence-corrected chi connectivity index (χ1v) is 24.3. The summed E-state index contributed by atoms with van der Waals surface area (Å²) >= 11 is 0. The maximum absolute atomic E-state index is 10.7. The number of hydrogen-bond acceptors (Lipinski definition) is 22. The first-order valence-electron chi connectivity index (χ1n) is 21.5. The molecule has 0 aliphatic carbocycles. The maximum Gasteiger partial charge on any atom is 2.00 e. The number of hydrogen-bond donors (Lipinski definition) is 4. The Balaban J connectivity index is 0.000000260. The van der Waals surface area contributed by atoms with Crippen LogP contribution in [-0.4, -0.2) is 169 Å². The van der Waals surface area contributed by atoms with Crippen LogP contribution in [0.1, 0.15) is 0 Å². The van der Waals surface area contributed by atoms with Gasteiger partial charge in [0, 0.05) is 21.5 Å². The minimum atomic E-state index is -6.09. The fraction of sp³-hybridized carbons (Fsp3) is 0.238. The molecule has 0 unspecified atom stereocenters. The molecule has 0 bridgehead atoms. The fourth-order valence-electron chi connectivity index (χ4n) is 6.62. The second-order valence-electron chi connectivity index (χ2n) is 15.4. The van der Waals surface area contributed by atoms with Gasteiger partial charge in [-0.1, -0.05) is 69.4 Å². The molecule has 0 saturated heterocycles. The van der Waals surface area contributed by atoms with Gasteiger partial charge in [0.1, 0.15) is 22.8 Å². The molecule has 79 heavy (non-hydrogen) atoms. The van der Waals surface area contributed by atoms with Crippen molar-refractivity contribution in [1.29, 1.82) is 0 Å². The second-order valence-corrected chi connectivity index (χ2v) is 18.1. The van der Waals surface area contributed by atoms with Crippen molar-refractivity contribution in [1.82, 2.24) is 79.9 Å². The third-order valence-corrected chi connectivity index (χ3v) is 11.3. The van der Waals surface area contributed by atoms with Crippen molar-refractivity contribution in [2.45, 2.75) is 37.2 Å². The van der Waals surface area contributed by atoms with Gasteiger partial charge in [-0.2, -0.15) is 26.3 Å². The summed E-state index contributed by atoms with van der Waals surface area (Å²) < 4.78 is 124. The Morgan fingerprint density at radius 3 is 0.734 bits per heavy atom. The van der Waals surface area contributed by atoms with E-state index < -0.39 is 31.3 Å². The number of fused-ring (bicyclic) bond motifs is 6. The van der Waals surface area contributed by atoms with Gasteiger partial charge in [0.15, 0.2) is 20.2 Å². The normalized spacial score (nSPS) is 11.6. The molecule has 0 amide bonds. The van der Waals surface area contributed by atoms with Crippen molar-refractivity contribution in [3.8, 4) is 45.6 Å². The van der Waals surface area contributed by atoms with E-state index in [1.165, 1.54) is 0 Å². The van der Waals surface area contributed by atoms with Crippen LogP contribution in [0.5, 0.6) is 0 Å². The Hall–Kier alpha value is -6.62. The predicted octanol–water partition coefficient (Wildman–Crippen LogP) is 0.925. The average Bonchev–Trinajstić information content (AvgIpc) is 4.24. The number of aliphatic hydroxyl groups is 4. The van der Waals surface area contributed by atoms with Gasteiger partial charge < -0.3 is 40.5 Å². The molecule has 9 N–H and O–H groups in total. The summed E-state index contributed by atoms with van der Waals surface area (Å²) in [5, 5.41) is 72.8. The Labute approximate surface area is 480 Å². The minimum absolute atomic E-state index is 0. The Morgan fingerprint density at radius 1 is 0.392 bits per heavy atom. The van der Waals surface area contributed by atoms with Crippen molar-refractivity contribution < 1.29 is 133 Å². The smallest absolute Gasteiger partial charge is 0.741 e. The number of benzene rings is 2. The number of aromatic nitrogens is 16. The van der Waals surface area contributed by atoms with Crippen LogP contribution in [0, 0.1) is 49.4 Å². The summed E-state index contributed by atoms with van der Waals surface area (Å²) in [6.45, 7) is 1.50. The molecule has 37 heteroatoms. The zero-order valence-corrected chi connectivity index (χ0v) is 43.9. The van der Waals surface area contributed by atoms with E-state index in [9.17, 15) is 26.3 Å². The summed E-state index contributed by atoms with van der Waals surface area (Å²) in [6.07, 6.45) is 7.03. The van der Waals surface area contributed by atoms with Gasteiger partial charge in [0.2, 0.25) is 0 Å². The SMILES string of the molecule is O.O=S(=O)([O-])C(F)(F)F.O=S(=O)([O-])C(F)(F)F.OCCn1cc(-c2ccc3ccc4ccc(-c5cn(CCO)nn5)nc4c3n2)nn1.OCCn1cc(-c2ccc3ccc4ccc(-c5cn(CCO)nn5)nc4c3n2)nn1.[Eu+2].[OH3+]. The van der Waals surface area contributed by atoms with E-state index in [-0.39, 0.29) is 86.8 Å². The molecule has 28 nitrogen and oxygen atoms in total. The van der Waals surface area contributed by atoms with Crippen LogP contribution in [0.3, 0.4) is 0 Å². The van der Waals surface area contributed by atoms with Gasteiger partial charge in [-0.3, -0.25) is 0 Å². The Bertz CT molecular complexity index is 3430. The molecule has 0 fully saturated rings. The molecule has 0 aliphatic heterocycles. The molecule has 0 spiro atoms. The largest absolute Gasteiger partial charge is 2.00 e. The third-order valence-electron chi connectivity index (χ3n) is 10.1. The van der Waals surface area contributed by atoms with Crippen LogP contribution in [0.15, 0.2) is 97.6 Å². The van der Waals surface area contributed by atoms with Gasteiger partial charge in [-0.15, -0.1) is 20.4 Å². The zero-order chi connectivity index (χ0) is 55.0. The molecule has 1 radical (unpaired) electrons. The van der Waals surface area contributed by atoms with Gasteiger partial charge in [-0.05, 0) is 24.3 Å². The molecule has 0 saturated carbocycles. The summed E-state index contributed by atoms with van der Waals surface area (Å²) in [5.74, 6) is 0. The van der Waals surface area contributed by atoms with Crippen molar-refractivity contribution in [3.63, 3.8) is 0 Å². The van der Waals surface area contributed by atoms with E-state index in [4.69, 9.17) is 66.3 Å². The fourth-order valence-corrected chi connectivity index (χ4v) is 6.62. The van der Waals surface area contributed by atoms with Gasteiger partial charge in [0.05, 0.1) is 122 Å². The molecular weight excluding hydrogens is 1250 g/mol. The van der Waals surface area contributed by atoms with Crippen molar-refractivity contribution >= 4 is 63.8 Å². The predicted molar refractivity (Wildman–Crippen MR) is 258 cm³/mol. The summed E-state index contributed by atoms with van der Waals surface area (Å²) in [4.78, 5) is 19.2. The van der Waals surface area contributed by atoms with Crippen LogP contribution in [-0.2, 0) is 51.9 Å². The van der Waals surface area contributed by atoms with Crippen LogP contribution in [0.2, 0.25) is 0 Å². The monoisotopic (exact) mass is 1290 g/mol. The van der Waals surface area contributed by atoms with Gasteiger partial charge in [0.25, 0.3) is 0 Å². The first kappa shape index (κ1) is 64.9. The van der Waals surface area contributed by atoms with E-state index in [1.54, 1.807) is 43.5 Å². The molecular formula is C42H41EuF6N16O12S2+.